The van der Waals surface area contributed by atoms with E-state index in [9.17, 15) is 0 Å². The standard InChI is InChI=1S/C24H16Br2/c1-13-10-17-15-9-8-14(25)12-21(15)24(20(17)11-13)18-5-2-4-16(18)23-19(24)6-3-7-22(23)26/h2-3,5-9,11-12H,4,10H2,1H3. The summed E-state index contributed by atoms with van der Waals surface area (Å²) in [4.78, 5) is 0. The van der Waals surface area contributed by atoms with E-state index in [2.05, 4.69) is 93.4 Å². The maximum absolute atomic E-state index is 3.85. The minimum Gasteiger partial charge on any atom is -0.0798 e. The lowest BCUT2D eigenvalue weighted by molar-refractivity contribution is 0.779. The van der Waals surface area contributed by atoms with E-state index in [0.29, 0.717) is 0 Å². The molecule has 0 heterocycles. The van der Waals surface area contributed by atoms with E-state index in [1.807, 2.05) is 0 Å². The number of halogens is 2. The van der Waals surface area contributed by atoms with Crippen LogP contribution in [0, 0.1) is 0 Å². The van der Waals surface area contributed by atoms with E-state index in [0.717, 1.165) is 17.3 Å². The van der Waals surface area contributed by atoms with Crippen molar-refractivity contribution in [3.63, 3.8) is 0 Å². The Hall–Kier alpha value is -1.64. The molecule has 1 spiro atoms. The fourth-order valence-corrected chi connectivity index (χ4v) is 6.50. The first-order valence-electron chi connectivity index (χ1n) is 9.03. The predicted molar refractivity (Wildman–Crippen MR) is 115 cm³/mol. The highest BCUT2D eigenvalue weighted by Gasteiger charge is 2.54. The van der Waals surface area contributed by atoms with E-state index >= 15 is 0 Å². The maximum Gasteiger partial charge on any atom is 0.0719 e. The summed E-state index contributed by atoms with van der Waals surface area (Å²) in [7, 11) is 0. The third kappa shape index (κ3) is 1.62. The Bertz CT molecular complexity index is 1150. The Morgan fingerprint density at radius 2 is 1.85 bits per heavy atom. The summed E-state index contributed by atoms with van der Waals surface area (Å²) in [5.74, 6) is 0. The van der Waals surface area contributed by atoms with Crippen LogP contribution in [-0.4, -0.2) is 0 Å². The number of hydrogen-bond donors (Lipinski definition) is 0. The fourth-order valence-electron chi connectivity index (χ4n) is 5.53. The van der Waals surface area contributed by atoms with Crippen LogP contribution in [-0.2, 0) is 5.41 Å². The highest BCUT2D eigenvalue weighted by molar-refractivity contribution is 9.10. The summed E-state index contributed by atoms with van der Waals surface area (Å²) < 4.78 is 2.37. The predicted octanol–water partition coefficient (Wildman–Crippen LogP) is 7.34. The lowest BCUT2D eigenvalue weighted by Gasteiger charge is -2.32. The number of benzene rings is 2. The van der Waals surface area contributed by atoms with Gasteiger partial charge >= 0.3 is 0 Å². The molecule has 0 fully saturated rings. The van der Waals surface area contributed by atoms with Gasteiger partial charge < -0.3 is 0 Å². The van der Waals surface area contributed by atoms with Gasteiger partial charge in [0.25, 0.3) is 0 Å². The van der Waals surface area contributed by atoms with Crippen LogP contribution in [0.15, 0.2) is 80.3 Å². The van der Waals surface area contributed by atoms with Crippen molar-refractivity contribution in [1.82, 2.24) is 0 Å². The Balaban J connectivity index is 1.82. The second-order valence-corrected chi connectivity index (χ2v) is 9.43. The number of fused-ring (bicyclic) bond motifs is 8. The zero-order valence-corrected chi connectivity index (χ0v) is 17.5. The molecule has 1 unspecified atom stereocenters. The average Bonchev–Trinajstić information content (AvgIpc) is 3.32. The van der Waals surface area contributed by atoms with Crippen molar-refractivity contribution < 1.29 is 0 Å². The molecule has 0 amide bonds. The molecule has 2 aromatic carbocycles. The lowest BCUT2D eigenvalue weighted by Crippen LogP contribution is -2.27. The van der Waals surface area contributed by atoms with E-state index in [4.69, 9.17) is 0 Å². The molecule has 126 valence electrons. The molecule has 1 atom stereocenters. The van der Waals surface area contributed by atoms with Gasteiger partial charge in [0.2, 0.25) is 0 Å². The Morgan fingerprint density at radius 1 is 0.962 bits per heavy atom. The van der Waals surface area contributed by atoms with Gasteiger partial charge in [-0.15, -0.1) is 0 Å². The monoisotopic (exact) mass is 462 g/mol. The van der Waals surface area contributed by atoms with Gasteiger partial charge in [0, 0.05) is 8.95 Å². The van der Waals surface area contributed by atoms with Crippen LogP contribution in [0.25, 0.3) is 11.1 Å². The summed E-state index contributed by atoms with van der Waals surface area (Å²) in [6.07, 6.45) is 9.26. The topological polar surface area (TPSA) is 0 Å². The van der Waals surface area contributed by atoms with E-state index in [1.165, 1.54) is 54.6 Å². The molecule has 0 aromatic heterocycles. The first kappa shape index (κ1) is 15.4. The van der Waals surface area contributed by atoms with Crippen molar-refractivity contribution in [3.05, 3.63) is 103 Å². The maximum atomic E-state index is 3.85. The van der Waals surface area contributed by atoms with Crippen LogP contribution in [0.4, 0.5) is 0 Å². The zero-order chi connectivity index (χ0) is 17.6. The van der Waals surface area contributed by atoms with E-state index in [-0.39, 0.29) is 5.41 Å². The fraction of sp³-hybridized carbons (Fsp3) is 0.167. The van der Waals surface area contributed by atoms with Crippen molar-refractivity contribution in [2.24, 2.45) is 0 Å². The van der Waals surface area contributed by atoms with Crippen molar-refractivity contribution >= 4 is 43.0 Å². The van der Waals surface area contributed by atoms with Gasteiger partial charge in [-0.3, -0.25) is 0 Å². The van der Waals surface area contributed by atoms with E-state index < -0.39 is 0 Å². The molecule has 0 saturated heterocycles. The first-order chi connectivity index (χ1) is 12.6. The van der Waals surface area contributed by atoms with Crippen molar-refractivity contribution in [2.45, 2.75) is 25.2 Å². The van der Waals surface area contributed by atoms with E-state index in [1.54, 1.807) is 0 Å². The zero-order valence-electron chi connectivity index (χ0n) is 14.4. The van der Waals surface area contributed by atoms with Gasteiger partial charge in [-0.25, -0.2) is 0 Å². The Morgan fingerprint density at radius 3 is 2.73 bits per heavy atom. The molecule has 6 rings (SSSR count). The van der Waals surface area contributed by atoms with Crippen LogP contribution in [0.2, 0.25) is 0 Å². The minimum atomic E-state index is -0.145. The normalized spacial score (nSPS) is 24.3. The number of rotatable bonds is 0. The van der Waals surface area contributed by atoms with Crippen molar-refractivity contribution in [1.29, 1.82) is 0 Å². The van der Waals surface area contributed by atoms with Gasteiger partial charge in [-0.2, -0.15) is 0 Å². The van der Waals surface area contributed by atoms with Crippen LogP contribution in [0.1, 0.15) is 42.0 Å². The minimum absolute atomic E-state index is 0.145. The van der Waals surface area contributed by atoms with Crippen LogP contribution in [0.5, 0.6) is 0 Å². The quantitative estimate of drug-likeness (QED) is 0.383. The van der Waals surface area contributed by atoms with Gasteiger partial charge in [0.05, 0.1) is 5.41 Å². The largest absolute Gasteiger partial charge is 0.0798 e. The second kappa shape index (κ2) is 4.99. The van der Waals surface area contributed by atoms with Gasteiger partial charge in [0.15, 0.2) is 0 Å². The molecule has 0 radical (unpaired) electrons. The van der Waals surface area contributed by atoms with Crippen LogP contribution in [0.3, 0.4) is 0 Å². The smallest absolute Gasteiger partial charge is 0.0719 e. The molecule has 2 aromatic rings. The van der Waals surface area contributed by atoms with Crippen molar-refractivity contribution in [2.75, 3.05) is 0 Å². The molecule has 4 aliphatic carbocycles. The Labute approximate surface area is 170 Å². The molecular weight excluding hydrogens is 448 g/mol. The third-order valence-corrected chi connectivity index (χ3v) is 7.50. The molecule has 4 aliphatic rings. The summed E-state index contributed by atoms with van der Waals surface area (Å²) in [5.41, 5.74) is 13.0. The molecular formula is C24H16Br2. The van der Waals surface area contributed by atoms with Gasteiger partial charge in [-0.05, 0) is 82.5 Å². The molecule has 0 nitrogen and oxygen atoms in total. The average molecular weight is 464 g/mol. The molecule has 0 saturated carbocycles. The summed E-state index contributed by atoms with van der Waals surface area (Å²) >= 11 is 7.59. The lowest BCUT2D eigenvalue weighted by atomic mass is 9.69. The van der Waals surface area contributed by atoms with Crippen LogP contribution < -0.4 is 0 Å². The molecule has 0 N–H and O–H groups in total. The molecule has 26 heavy (non-hydrogen) atoms. The number of allylic oxidation sites excluding steroid dienone is 8. The second-order valence-electron chi connectivity index (χ2n) is 7.66. The van der Waals surface area contributed by atoms with Gasteiger partial charge in [-0.1, -0.05) is 73.9 Å². The SMILES string of the molecule is CC1=CC2=C(C1)c1ccc(Br)cc1C21C2=C(CC=C2)c2c(Br)cccc21. The summed E-state index contributed by atoms with van der Waals surface area (Å²) in [6, 6.07) is 13.6. The summed E-state index contributed by atoms with van der Waals surface area (Å²) in [6.45, 7) is 2.26. The summed E-state index contributed by atoms with van der Waals surface area (Å²) in [5, 5.41) is 0. The van der Waals surface area contributed by atoms with Crippen molar-refractivity contribution in [3.8, 4) is 0 Å². The molecule has 0 aliphatic heterocycles. The highest BCUT2D eigenvalue weighted by atomic mass is 79.9. The molecule has 2 heteroatoms. The first-order valence-corrected chi connectivity index (χ1v) is 10.6. The van der Waals surface area contributed by atoms with Gasteiger partial charge in [0.1, 0.15) is 0 Å². The number of hydrogen-bond acceptors (Lipinski definition) is 0. The molecule has 0 bridgehead atoms. The third-order valence-electron chi connectivity index (χ3n) is 6.34. The highest BCUT2D eigenvalue weighted by Crippen LogP contribution is 2.66. The van der Waals surface area contributed by atoms with Crippen LogP contribution >= 0.6 is 31.9 Å². The Kier molecular flexibility index (Phi) is 2.96.